The lowest BCUT2D eigenvalue weighted by Gasteiger charge is -2.23. The van der Waals surface area contributed by atoms with Gasteiger partial charge < -0.3 is 5.32 Å². The molecule has 0 aromatic heterocycles. The lowest BCUT2D eigenvalue weighted by Crippen LogP contribution is -2.27. The summed E-state index contributed by atoms with van der Waals surface area (Å²) in [5.41, 5.74) is 2.78. The second-order valence-corrected chi connectivity index (χ2v) is 5.27. The SMILES string of the molecule is Cc1ccc(C#N)cc1NC1CCCCCC1C#N. The van der Waals surface area contributed by atoms with Crippen LogP contribution in [0.15, 0.2) is 18.2 Å². The minimum Gasteiger partial charge on any atom is -0.381 e. The van der Waals surface area contributed by atoms with Crippen molar-refractivity contribution in [2.45, 2.75) is 45.1 Å². The fourth-order valence-corrected chi connectivity index (χ4v) is 2.68. The minimum atomic E-state index is 0.0765. The molecule has 2 rings (SSSR count). The maximum absolute atomic E-state index is 9.29. The summed E-state index contributed by atoms with van der Waals surface area (Å²) in [6.45, 7) is 2.03. The van der Waals surface area contributed by atoms with E-state index < -0.39 is 0 Å². The zero-order chi connectivity index (χ0) is 13.7. The molecule has 0 aliphatic heterocycles. The summed E-state index contributed by atoms with van der Waals surface area (Å²) in [4.78, 5) is 0. The van der Waals surface area contributed by atoms with Crippen molar-refractivity contribution in [1.82, 2.24) is 0 Å². The largest absolute Gasteiger partial charge is 0.381 e. The Hall–Kier alpha value is -2.00. The minimum absolute atomic E-state index is 0.0765. The molecule has 0 bridgehead atoms. The zero-order valence-electron chi connectivity index (χ0n) is 11.3. The van der Waals surface area contributed by atoms with E-state index in [-0.39, 0.29) is 12.0 Å². The van der Waals surface area contributed by atoms with Crippen molar-refractivity contribution >= 4 is 5.69 Å². The van der Waals surface area contributed by atoms with Crippen LogP contribution >= 0.6 is 0 Å². The number of nitrogens with one attached hydrogen (secondary N) is 1. The highest BCUT2D eigenvalue weighted by Gasteiger charge is 2.23. The summed E-state index contributed by atoms with van der Waals surface area (Å²) in [5.74, 6) is 0.0765. The quantitative estimate of drug-likeness (QED) is 0.816. The van der Waals surface area contributed by atoms with Crippen LogP contribution in [-0.4, -0.2) is 6.04 Å². The third-order valence-electron chi connectivity index (χ3n) is 3.89. The Bertz CT molecular complexity index is 522. The van der Waals surface area contributed by atoms with Crippen LogP contribution in [-0.2, 0) is 0 Å². The highest BCUT2D eigenvalue weighted by molar-refractivity contribution is 5.55. The van der Waals surface area contributed by atoms with E-state index in [2.05, 4.69) is 17.5 Å². The molecule has 0 heterocycles. The smallest absolute Gasteiger partial charge is 0.0992 e. The number of rotatable bonds is 2. The maximum atomic E-state index is 9.29. The molecular weight excluding hydrogens is 234 g/mol. The van der Waals surface area contributed by atoms with Gasteiger partial charge in [0.25, 0.3) is 0 Å². The first-order chi connectivity index (χ1) is 9.24. The first-order valence-corrected chi connectivity index (χ1v) is 6.91. The van der Waals surface area contributed by atoms with Gasteiger partial charge in [-0.2, -0.15) is 10.5 Å². The summed E-state index contributed by atoms with van der Waals surface area (Å²) in [6.07, 6.45) is 5.55. The average Bonchev–Trinajstić information content (AvgIpc) is 2.66. The number of anilines is 1. The third kappa shape index (κ3) is 3.26. The molecule has 0 amide bonds. The predicted molar refractivity (Wildman–Crippen MR) is 75.5 cm³/mol. The Morgan fingerprint density at radius 3 is 2.68 bits per heavy atom. The van der Waals surface area contributed by atoms with Gasteiger partial charge >= 0.3 is 0 Å². The normalized spacial score (nSPS) is 22.9. The topological polar surface area (TPSA) is 59.6 Å². The van der Waals surface area contributed by atoms with E-state index in [0.29, 0.717) is 5.56 Å². The van der Waals surface area contributed by atoms with Crippen molar-refractivity contribution in [3.05, 3.63) is 29.3 Å². The van der Waals surface area contributed by atoms with Crippen molar-refractivity contribution in [3.63, 3.8) is 0 Å². The molecule has 98 valence electrons. The van der Waals surface area contributed by atoms with Crippen LogP contribution in [0.5, 0.6) is 0 Å². The van der Waals surface area contributed by atoms with Gasteiger partial charge in [0, 0.05) is 11.7 Å². The second kappa shape index (κ2) is 6.25. The van der Waals surface area contributed by atoms with Crippen LogP contribution in [0.25, 0.3) is 0 Å². The first kappa shape index (κ1) is 13.4. The third-order valence-corrected chi connectivity index (χ3v) is 3.89. The first-order valence-electron chi connectivity index (χ1n) is 6.91. The van der Waals surface area contributed by atoms with Crippen LogP contribution in [0.4, 0.5) is 5.69 Å². The Kier molecular flexibility index (Phi) is 4.42. The Morgan fingerprint density at radius 1 is 1.16 bits per heavy atom. The molecule has 1 aromatic carbocycles. The Morgan fingerprint density at radius 2 is 1.95 bits per heavy atom. The van der Waals surface area contributed by atoms with Crippen molar-refractivity contribution in [1.29, 1.82) is 10.5 Å². The molecule has 0 spiro atoms. The number of benzene rings is 1. The highest BCUT2D eigenvalue weighted by atomic mass is 14.9. The van der Waals surface area contributed by atoms with E-state index in [9.17, 15) is 5.26 Å². The van der Waals surface area contributed by atoms with Gasteiger partial charge in [-0.25, -0.2) is 0 Å². The van der Waals surface area contributed by atoms with Crippen molar-refractivity contribution in [2.75, 3.05) is 5.32 Å². The number of hydrogen-bond acceptors (Lipinski definition) is 3. The van der Waals surface area contributed by atoms with E-state index in [1.165, 1.54) is 12.8 Å². The number of hydrogen-bond donors (Lipinski definition) is 1. The van der Waals surface area contributed by atoms with Gasteiger partial charge in [0.15, 0.2) is 0 Å². The summed E-state index contributed by atoms with van der Waals surface area (Å²) in [7, 11) is 0. The van der Waals surface area contributed by atoms with E-state index in [1.807, 2.05) is 25.1 Å². The van der Waals surface area contributed by atoms with Gasteiger partial charge in [-0.3, -0.25) is 0 Å². The molecule has 3 heteroatoms. The van der Waals surface area contributed by atoms with Gasteiger partial charge in [0.05, 0.1) is 23.6 Å². The molecule has 1 fully saturated rings. The second-order valence-electron chi connectivity index (χ2n) is 5.27. The monoisotopic (exact) mass is 253 g/mol. The molecule has 1 aromatic rings. The molecular formula is C16H19N3. The van der Waals surface area contributed by atoms with Crippen molar-refractivity contribution < 1.29 is 0 Å². The highest BCUT2D eigenvalue weighted by Crippen LogP contribution is 2.27. The van der Waals surface area contributed by atoms with E-state index >= 15 is 0 Å². The lowest BCUT2D eigenvalue weighted by molar-refractivity contribution is 0.514. The number of nitriles is 2. The molecule has 0 saturated heterocycles. The molecule has 19 heavy (non-hydrogen) atoms. The van der Waals surface area contributed by atoms with Gasteiger partial charge in [0.1, 0.15) is 0 Å². The van der Waals surface area contributed by atoms with Gasteiger partial charge in [0.2, 0.25) is 0 Å². The van der Waals surface area contributed by atoms with E-state index in [1.54, 1.807) is 0 Å². The number of aryl methyl sites for hydroxylation is 1. The molecule has 1 aliphatic rings. The molecule has 0 radical (unpaired) electrons. The molecule has 1 aliphatic carbocycles. The molecule has 1 saturated carbocycles. The Balaban J connectivity index is 2.19. The fourth-order valence-electron chi connectivity index (χ4n) is 2.68. The van der Waals surface area contributed by atoms with Gasteiger partial charge in [-0.1, -0.05) is 25.3 Å². The summed E-state index contributed by atoms with van der Waals surface area (Å²) in [5, 5.41) is 21.8. The fraction of sp³-hybridized carbons (Fsp3) is 0.500. The number of nitrogens with zero attached hydrogens (tertiary/aromatic N) is 2. The van der Waals surface area contributed by atoms with Gasteiger partial charge in [-0.05, 0) is 37.5 Å². The van der Waals surface area contributed by atoms with Crippen LogP contribution in [0, 0.1) is 35.5 Å². The van der Waals surface area contributed by atoms with Crippen LogP contribution in [0.3, 0.4) is 0 Å². The van der Waals surface area contributed by atoms with Gasteiger partial charge in [-0.15, -0.1) is 0 Å². The zero-order valence-corrected chi connectivity index (χ0v) is 11.3. The standard InChI is InChI=1S/C16H19N3/c1-12-7-8-13(10-17)9-16(12)19-15-6-4-2-3-5-14(15)11-18/h7-9,14-15,19H,2-6H2,1H3. The predicted octanol–water partition coefficient (Wildman–Crippen LogP) is 3.75. The lowest BCUT2D eigenvalue weighted by atomic mass is 9.95. The summed E-state index contributed by atoms with van der Waals surface area (Å²) < 4.78 is 0. The molecule has 2 atom stereocenters. The van der Waals surface area contributed by atoms with E-state index in [4.69, 9.17) is 5.26 Å². The van der Waals surface area contributed by atoms with Crippen LogP contribution in [0.1, 0.15) is 43.2 Å². The summed E-state index contributed by atoms with van der Waals surface area (Å²) >= 11 is 0. The van der Waals surface area contributed by atoms with Crippen LogP contribution < -0.4 is 5.32 Å². The molecule has 3 nitrogen and oxygen atoms in total. The molecule has 1 N–H and O–H groups in total. The van der Waals surface area contributed by atoms with Crippen LogP contribution in [0.2, 0.25) is 0 Å². The molecule has 2 unspecified atom stereocenters. The Labute approximate surface area is 114 Å². The maximum Gasteiger partial charge on any atom is 0.0992 e. The van der Waals surface area contributed by atoms with Crippen molar-refractivity contribution in [2.24, 2.45) is 5.92 Å². The van der Waals surface area contributed by atoms with Crippen molar-refractivity contribution in [3.8, 4) is 12.1 Å². The average molecular weight is 253 g/mol. The van der Waals surface area contributed by atoms with E-state index in [0.717, 1.165) is 30.5 Å². The summed E-state index contributed by atoms with van der Waals surface area (Å²) in [6, 6.07) is 10.5.